The molecule has 128 valence electrons. The largest absolute Gasteiger partial charge is 0.297 e. The fourth-order valence-electron chi connectivity index (χ4n) is 3.46. The molecule has 1 aromatic carbocycles. The van der Waals surface area contributed by atoms with Gasteiger partial charge in [-0.3, -0.25) is 9.47 Å². The van der Waals surface area contributed by atoms with Gasteiger partial charge in [0, 0.05) is 24.0 Å². The van der Waals surface area contributed by atoms with Crippen molar-refractivity contribution >= 4 is 0 Å². The maximum absolute atomic E-state index is 4.36. The zero-order chi connectivity index (χ0) is 17.1. The van der Waals surface area contributed by atoms with E-state index in [1.54, 1.807) is 12.5 Å². The molecule has 1 aliphatic heterocycles. The summed E-state index contributed by atoms with van der Waals surface area (Å²) in [7, 11) is 0. The number of piperidine rings is 1. The molecule has 1 aliphatic rings. The van der Waals surface area contributed by atoms with Crippen LogP contribution in [0, 0.1) is 0 Å². The number of likely N-dealkylation sites (tertiary alicyclic amines) is 1. The lowest BCUT2D eigenvalue weighted by atomic mass is 10.0. The summed E-state index contributed by atoms with van der Waals surface area (Å²) in [5.74, 6) is 0.775. The van der Waals surface area contributed by atoms with Crippen LogP contribution in [0.1, 0.15) is 37.8 Å². The summed E-state index contributed by atoms with van der Waals surface area (Å²) < 4.78 is 1.85. The number of rotatable bonds is 4. The summed E-state index contributed by atoms with van der Waals surface area (Å²) in [6.07, 6.45) is 9.33. The van der Waals surface area contributed by atoms with E-state index in [-0.39, 0.29) is 0 Å². The lowest BCUT2D eigenvalue weighted by molar-refractivity contribution is 0.175. The van der Waals surface area contributed by atoms with Gasteiger partial charge < -0.3 is 0 Å². The summed E-state index contributed by atoms with van der Waals surface area (Å²) in [4.78, 5) is 6.62. The zero-order valence-electron chi connectivity index (χ0n) is 14.5. The fourth-order valence-corrected chi connectivity index (χ4v) is 3.46. The highest BCUT2D eigenvalue weighted by atomic mass is 15.2. The number of hydrogen-bond acceptors (Lipinski definition) is 4. The molecule has 3 aromatic rings. The predicted octanol–water partition coefficient (Wildman–Crippen LogP) is 3.88. The molecule has 5 nitrogen and oxygen atoms in total. The molecule has 0 aliphatic carbocycles. The van der Waals surface area contributed by atoms with Gasteiger partial charge in [-0.1, -0.05) is 30.7 Å². The average Bonchev–Trinajstić information content (AvgIpc) is 3.23. The van der Waals surface area contributed by atoms with E-state index in [1.165, 1.54) is 37.9 Å². The summed E-state index contributed by atoms with van der Waals surface area (Å²) in [6, 6.07) is 13.2. The average molecular weight is 333 g/mol. The maximum Gasteiger partial charge on any atom is 0.160 e. The molecule has 4 rings (SSSR count). The highest BCUT2D eigenvalue weighted by Crippen LogP contribution is 2.26. The van der Waals surface area contributed by atoms with Gasteiger partial charge in [0.15, 0.2) is 5.82 Å². The second-order valence-corrected chi connectivity index (χ2v) is 6.64. The molecular weight excluding hydrogens is 310 g/mol. The zero-order valence-corrected chi connectivity index (χ0v) is 14.5. The number of aromatic nitrogens is 4. The van der Waals surface area contributed by atoms with Gasteiger partial charge in [-0.25, -0.2) is 4.98 Å². The minimum atomic E-state index is 0.476. The molecule has 0 saturated carbocycles. The third kappa shape index (κ3) is 3.46. The topological polar surface area (TPSA) is 46.8 Å². The van der Waals surface area contributed by atoms with Gasteiger partial charge >= 0.3 is 0 Å². The highest BCUT2D eigenvalue weighted by Gasteiger charge is 2.18. The van der Waals surface area contributed by atoms with Crippen molar-refractivity contribution in [2.45, 2.75) is 32.2 Å². The molecule has 2 aromatic heterocycles. The van der Waals surface area contributed by atoms with Crippen molar-refractivity contribution < 1.29 is 0 Å². The van der Waals surface area contributed by atoms with Gasteiger partial charge in [0.1, 0.15) is 6.33 Å². The van der Waals surface area contributed by atoms with Gasteiger partial charge in [-0.05, 0) is 50.6 Å². The molecule has 0 N–H and O–H groups in total. The first-order chi connectivity index (χ1) is 12.3. The number of benzene rings is 1. The Bertz CT molecular complexity index is 787. The Morgan fingerprint density at radius 3 is 2.36 bits per heavy atom. The van der Waals surface area contributed by atoms with E-state index in [0.717, 1.165) is 17.1 Å². The molecule has 1 unspecified atom stereocenters. The Labute approximate surface area is 148 Å². The minimum Gasteiger partial charge on any atom is -0.297 e. The Kier molecular flexibility index (Phi) is 4.57. The first-order valence-corrected chi connectivity index (χ1v) is 8.98. The molecule has 1 saturated heterocycles. The van der Waals surface area contributed by atoms with Gasteiger partial charge in [-0.2, -0.15) is 0 Å². The molecule has 3 heterocycles. The van der Waals surface area contributed by atoms with E-state index in [0.29, 0.717) is 6.04 Å². The molecule has 5 heteroatoms. The van der Waals surface area contributed by atoms with Crippen molar-refractivity contribution in [1.29, 1.82) is 0 Å². The summed E-state index contributed by atoms with van der Waals surface area (Å²) in [5.41, 5.74) is 3.36. The van der Waals surface area contributed by atoms with Crippen LogP contribution in [0.2, 0.25) is 0 Å². The number of hydrogen-bond donors (Lipinski definition) is 0. The SMILES string of the molecule is CC(c1ccc(-c2ccc(-n3ccnc3)nn2)cc1)N1CCCCC1. The summed E-state index contributed by atoms with van der Waals surface area (Å²) in [5, 5.41) is 8.65. The Morgan fingerprint density at radius 1 is 0.920 bits per heavy atom. The normalized spacial score (nSPS) is 16.7. The van der Waals surface area contributed by atoms with E-state index in [4.69, 9.17) is 0 Å². The highest BCUT2D eigenvalue weighted by molar-refractivity contribution is 5.59. The second kappa shape index (κ2) is 7.15. The van der Waals surface area contributed by atoms with Crippen LogP contribution in [-0.4, -0.2) is 37.7 Å². The monoisotopic (exact) mass is 333 g/mol. The molecule has 1 atom stereocenters. The van der Waals surface area contributed by atoms with E-state index >= 15 is 0 Å². The van der Waals surface area contributed by atoms with E-state index < -0.39 is 0 Å². The first-order valence-electron chi connectivity index (χ1n) is 8.98. The molecule has 25 heavy (non-hydrogen) atoms. The van der Waals surface area contributed by atoms with Crippen LogP contribution in [0.25, 0.3) is 17.1 Å². The van der Waals surface area contributed by atoms with Gasteiger partial charge in [0.25, 0.3) is 0 Å². The lowest BCUT2D eigenvalue weighted by Crippen LogP contribution is -2.32. The third-order valence-electron chi connectivity index (χ3n) is 5.05. The standard InChI is InChI=1S/C20H23N5/c1-16(24-12-3-2-4-13-24)17-5-7-18(8-6-17)19-9-10-20(23-22-19)25-14-11-21-15-25/h5-11,14-16H,2-4,12-13H2,1H3. The fraction of sp³-hybridized carbons (Fsp3) is 0.350. The number of imidazole rings is 1. The van der Waals surface area contributed by atoms with Gasteiger partial charge in [0.05, 0.1) is 5.69 Å². The quantitative estimate of drug-likeness (QED) is 0.727. The van der Waals surface area contributed by atoms with Crippen molar-refractivity contribution in [3.8, 4) is 17.1 Å². The van der Waals surface area contributed by atoms with E-state index in [2.05, 4.69) is 51.3 Å². The lowest BCUT2D eigenvalue weighted by Gasteiger charge is -2.32. The third-order valence-corrected chi connectivity index (χ3v) is 5.05. The van der Waals surface area contributed by atoms with Gasteiger partial charge in [0.2, 0.25) is 0 Å². The van der Waals surface area contributed by atoms with E-state index in [1.807, 2.05) is 22.9 Å². The molecular formula is C20H23N5. The number of nitrogens with zero attached hydrogens (tertiary/aromatic N) is 5. The Balaban J connectivity index is 1.49. The van der Waals surface area contributed by atoms with Crippen molar-refractivity contribution in [2.24, 2.45) is 0 Å². The Morgan fingerprint density at radius 2 is 1.72 bits per heavy atom. The smallest absolute Gasteiger partial charge is 0.160 e. The van der Waals surface area contributed by atoms with Crippen LogP contribution >= 0.6 is 0 Å². The van der Waals surface area contributed by atoms with Gasteiger partial charge in [-0.15, -0.1) is 10.2 Å². The maximum atomic E-state index is 4.36. The second-order valence-electron chi connectivity index (χ2n) is 6.64. The molecule has 0 amide bonds. The van der Waals surface area contributed by atoms with Crippen LogP contribution in [0.3, 0.4) is 0 Å². The van der Waals surface area contributed by atoms with E-state index in [9.17, 15) is 0 Å². The van der Waals surface area contributed by atoms with Crippen LogP contribution in [0.15, 0.2) is 55.1 Å². The van der Waals surface area contributed by atoms with Crippen molar-refractivity contribution in [3.63, 3.8) is 0 Å². The summed E-state index contributed by atoms with van der Waals surface area (Å²) >= 11 is 0. The van der Waals surface area contributed by atoms with Crippen LogP contribution in [-0.2, 0) is 0 Å². The van der Waals surface area contributed by atoms with Crippen molar-refractivity contribution in [1.82, 2.24) is 24.6 Å². The van der Waals surface area contributed by atoms with Crippen molar-refractivity contribution in [3.05, 3.63) is 60.7 Å². The Hall–Kier alpha value is -2.53. The van der Waals surface area contributed by atoms with Crippen LogP contribution in [0.4, 0.5) is 0 Å². The minimum absolute atomic E-state index is 0.476. The molecule has 1 fully saturated rings. The van der Waals surface area contributed by atoms with Crippen LogP contribution < -0.4 is 0 Å². The van der Waals surface area contributed by atoms with Crippen LogP contribution in [0.5, 0.6) is 0 Å². The molecule has 0 spiro atoms. The molecule has 0 bridgehead atoms. The van der Waals surface area contributed by atoms with Crippen molar-refractivity contribution in [2.75, 3.05) is 13.1 Å². The molecule has 0 radical (unpaired) electrons. The summed E-state index contributed by atoms with van der Waals surface area (Å²) in [6.45, 7) is 4.73. The first kappa shape index (κ1) is 16.0. The predicted molar refractivity (Wildman–Crippen MR) is 98.4 cm³/mol.